The number of hydrogen-bond acceptors (Lipinski definition) is 5. The van der Waals surface area contributed by atoms with E-state index < -0.39 is 22.5 Å². The lowest BCUT2D eigenvalue weighted by Gasteiger charge is -2.06. The van der Waals surface area contributed by atoms with Crippen LogP contribution in [0.15, 0.2) is 65.1 Å². The van der Waals surface area contributed by atoms with Crippen LogP contribution in [0.3, 0.4) is 0 Å². The molecule has 0 aliphatic rings. The van der Waals surface area contributed by atoms with E-state index in [-0.39, 0.29) is 45.7 Å². The molecule has 0 unspecified atom stereocenters. The maximum atomic E-state index is 14.4. The zero-order chi connectivity index (χ0) is 22.1. The molecule has 0 fully saturated rings. The summed E-state index contributed by atoms with van der Waals surface area (Å²) in [6.07, 6.45) is 0. The van der Waals surface area contributed by atoms with Crippen molar-refractivity contribution in [2.45, 2.75) is 6.92 Å². The van der Waals surface area contributed by atoms with Gasteiger partial charge in [0.05, 0.1) is 23.2 Å². The highest BCUT2D eigenvalue weighted by molar-refractivity contribution is 6.10. The zero-order valence-corrected chi connectivity index (χ0v) is 16.2. The Bertz CT molecular complexity index is 1310. The van der Waals surface area contributed by atoms with Crippen LogP contribution in [-0.4, -0.2) is 17.5 Å². The van der Waals surface area contributed by atoms with Gasteiger partial charge in [-0.1, -0.05) is 18.2 Å². The van der Waals surface area contributed by atoms with Gasteiger partial charge in [0.2, 0.25) is 0 Å². The van der Waals surface area contributed by atoms with Gasteiger partial charge in [-0.15, -0.1) is 0 Å². The molecule has 0 spiro atoms. The number of rotatable bonds is 5. The number of halogens is 2. The quantitative estimate of drug-likeness (QED) is 0.219. The Kier molecular flexibility index (Phi) is 5.21. The molecule has 0 aliphatic carbocycles. The average molecular weight is 423 g/mol. The average Bonchev–Trinajstić information content (AvgIpc) is 3.12. The Hall–Kier alpha value is -4.07. The van der Waals surface area contributed by atoms with E-state index in [2.05, 4.69) is 0 Å². The molecule has 4 aromatic rings. The second-order valence-corrected chi connectivity index (χ2v) is 6.64. The number of carbonyl (C=O) groups is 1. The first-order valence-corrected chi connectivity index (χ1v) is 9.33. The molecule has 1 aromatic heterocycles. The summed E-state index contributed by atoms with van der Waals surface area (Å²) in [6, 6.07) is 13.3. The number of ether oxygens (including phenoxy) is 1. The van der Waals surface area contributed by atoms with Crippen molar-refractivity contribution in [1.29, 1.82) is 0 Å². The fraction of sp³-hybridized carbons (Fsp3) is 0.0870. The SMILES string of the molecule is CCOC(=O)c1c(-c2ccc(F)cc2)oc2cc([N+](=O)[O-])c(-c3ccccc3F)cc12. The van der Waals surface area contributed by atoms with Crippen LogP contribution in [0.2, 0.25) is 0 Å². The maximum absolute atomic E-state index is 14.4. The number of hydrogen-bond donors (Lipinski definition) is 0. The molecule has 156 valence electrons. The summed E-state index contributed by atoms with van der Waals surface area (Å²) < 4.78 is 38.7. The van der Waals surface area contributed by atoms with Gasteiger partial charge in [0.25, 0.3) is 5.69 Å². The fourth-order valence-corrected chi connectivity index (χ4v) is 3.39. The van der Waals surface area contributed by atoms with Crippen molar-refractivity contribution in [3.8, 4) is 22.5 Å². The van der Waals surface area contributed by atoms with Gasteiger partial charge in [-0.05, 0) is 43.3 Å². The predicted molar refractivity (Wildman–Crippen MR) is 110 cm³/mol. The third-order valence-electron chi connectivity index (χ3n) is 4.75. The zero-order valence-electron chi connectivity index (χ0n) is 16.2. The molecule has 0 bridgehead atoms. The number of fused-ring (bicyclic) bond motifs is 1. The van der Waals surface area contributed by atoms with Crippen LogP contribution in [0, 0.1) is 21.7 Å². The molecular weight excluding hydrogens is 408 g/mol. The van der Waals surface area contributed by atoms with Crippen molar-refractivity contribution in [1.82, 2.24) is 0 Å². The smallest absolute Gasteiger partial charge is 0.342 e. The number of carbonyl (C=O) groups excluding carboxylic acids is 1. The van der Waals surface area contributed by atoms with Gasteiger partial charge in [0.15, 0.2) is 0 Å². The Morgan fingerprint density at radius 1 is 1.06 bits per heavy atom. The standard InChI is InChI=1S/C23H15F2NO5/c1-2-30-23(27)21-17-11-16(15-5-3-4-6-18(15)25)19(26(28)29)12-20(17)31-22(21)13-7-9-14(24)10-8-13/h3-12H,2H2,1H3. The number of nitrogens with zero attached hydrogens (tertiary/aromatic N) is 1. The Morgan fingerprint density at radius 2 is 1.77 bits per heavy atom. The lowest BCUT2D eigenvalue weighted by Crippen LogP contribution is -2.05. The first kappa shape index (κ1) is 20.2. The van der Waals surface area contributed by atoms with E-state index >= 15 is 0 Å². The Balaban J connectivity index is 2.06. The summed E-state index contributed by atoms with van der Waals surface area (Å²) in [5, 5.41) is 11.9. The monoisotopic (exact) mass is 423 g/mol. The first-order chi connectivity index (χ1) is 14.9. The predicted octanol–water partition coefficient (Wildman–Crippen LogP) is 6.13. The van der Waals surface area contributed by atoms with Gasteiger partial charge >= 0.3 is 5.97 Å². The summed E-state index contributed by atoms with van der Waals surface area (Å²) in [5.41, 5.74) is 0.0799. The minimum absolute atomic E-state index is 0.00685. The number of esters is 1. The second kappa shape index (κ2) is 7.98. The fourth-order valence-electron chi connectivity index (χ4n) is 3.39. The number of benzene rings is 3. The molecule has 0 saturated heterocycles. The van der Waals surface area contributed by atoms with Gasteiger partial charge in [-0.25, -0.2) is 13.6 Å². The molecule has 6 nitrogen and oxygen atoms in total. The molecule has 8 heteroatoms. The van der Waals surface area contributed by atoms with Crippen molar-refractivity contribution in [2.24, 2.45) is 0 Å². The summed E-state index contributed by atoms with van der Waals surface area (Å²) in [4.78, 5) is 23.8. The number of furan rings is 1. The van der Waals surface area contributed by atoms with Crippen molar-refractivity contribution in [3.63, 3.8) is 0 Å². The van der Waals surface area contributed by atoms with Crippen molar-refractivity contribution in [2.75, 3.05) is 6.61 Å². The maximum Gasteiger partial charge on any atom is 0.342 e. The van der Waals surface area contributed by atoms with Crippen LogP contribution in [0.25, 0.3) is 33.4 Å². The van der Waals surface area contributed by atoms with Crippen LogP contribution in [0.4, 0.5) is 14.5 Å². The van der Waals surface area contributed by atoms with Gasteiger partial charge in [0, 0.05) is 16.5 Å². The van der Waals surface area contributed by atoms with Gasteiger partial charge in [-0.3, -0.25) is 10.1 Å². The van der Waals surface area contributed by atoms with Gasteiger partial charge in [0.1, 0.15) is 28.5 Å². The Labute approximate surface area is 174 Å². The largest absolute Gasteiger partial charge is 0.462 e. The topological polar surface area (TPSA) is 82.6 Å². The molecule has 0 saturated carbocycles. The van der Waals surface area contributed by atoms with E-state index in [1.807, 2.05) is 0 Å². The molecule has 0 amide bonds. The summed E-state index contributed by atoms with van der Waals surface area (Å²) >= 11 is 0. The van der Waals surface area contributed by atoms with Crippen molar-refractivity contribution < 1.29 is 27.7 Å². The minimum atomic E-state index is -0.714. The first-order valence-electron chi connectivity index (χ1n) is 9.33. The van der Waals surface area contributed by atoms with Crippen LogP contribution in [0.1, 0.15) is 17.3 Å². The lowest BCUT2D eigenvalue weighted by molar-refractivity contribution is -0.384. The van der Waals surface area contributed by atoms with E-state index in [1.165, 1.54) is 48.5 Å². The van der Waals surface area contributed by atoms with Crippen molar-refractivity contribution in [3.05, 3.63) is 88.0 Å². The summed E-state index contributed by atoms with van der Waals surface area (Å²) in [6.45, 7) is 1.72. The third kappa shape index (κ3) is 3.63. The van der Waals surface area contributed by atoms with E-state index in [0.717, 1.165) is 6.07 Å². The van der Waals surface area contributed by atoms with Crippen LogP contribution in [-0.2, 0) is 4.74 Å². The third-order valence-corrected chi connectivity index (χ3v) is 4.75. The van der Waals surface area contributed by atoms with Crippen molar-refractivity contribution >= 4 is 22.6 Å². The molecular formula is C23H15F2NO5. The van der Waals surface area contributed by atoms with Gasteiger partial charge in [-0.2, -0.15) is 0 Å². The lowest BCUT2D eigenvalue weighted by atomic mass is 9.98. The number of nitro groups is 1. The number of nitro benzene ring substituents is 1. The van der Waals surface area contributed by atoms with Crippen LogP contribution >= 0.6 is 0 Å². The highest BCUT2D eigenvalue weighted by atomic mass is 19.1. The second-order valence-electron chi connectivity index (χ2n) is 6.64. The highest BCUT2D eigenvalue weighted by Crippen LogP contribution is 2.41. The summed E-state index contributed by atoms with van der Waals surface area (Å²) in [5.74, 6) is -1.76. The molecule has 1 heterocycles. The molecule has 4 rings (SSSR count). The molecule has 0 atom stereocenters. The van der Waals surface area contributed by atoms with Crippen LogP contribution in [0.5, 0.6) is 0 Å². The van der Waals surface area contributed by atoms with E-state index in [9.17, 15) is 23.7 Å². The van der Waals surface area contributed by atoms with E-state index in [1.54, 1.807) is 13.0 Å². The highest BCUT2D eigenvalue weighted by Gasteiger charge is 2.28. The van der Waals surface area contributed by atoms with E-state index in [0.29, 0.717) is 5.56 Å². The molecule has 31 heavy (non-hydrogen) atoms. The van der Waals surface area contributed by atoms with Gasteiger partial charge < -0.3 is 9.15 Å². The summed E-state index contributed by atoms with van der Waals surface area (Å²) in [7, 11) is 0. The van der Waals surface area contributed by atoms with Crippen LogP contribution < -0.4 is 0 Å². The minimum Gasteiger partial charge on any atom is -0.462 e. The normalized spacial score (nSPS) is 10.9. The molecule has 0 N–H and O–H groups in total. The Morgan fingerprint density at radius 3 is 2.42 bits per heavy atom. The molecule has 0 aliphatic heterocycles. The molecule has 0 radical (unpaired) electrons. The molecule has 3 aromatic carbocycles. The van der Waals surface area contributed by atoms with E-state index in [4.69, 9.17) is 9.15 Å².